The van der Waals surface area contributed by atoms with Crippen LogP contribution in [-0.4, -0.2) is 44.4 Å². The summed E-state index contributed by atoms with van der Waals surface area (Å²) >= 11 is 0. The van der Waals surface area contributed by atoms with Crippen LogP contribution in [0.15, 0.2) is 53.4 Å². The summed E-state index contributed by atoms with van der Waals surface area (Å²) in [7, 11) is -3.76. The largest absolute Gasteiger partial charge is 0.491 e. The van der Waals surface area contributed by atoms with E-state index in [1.807, 2.05) is 38.1 Å². The molecule has 1 heterocycles. The number of benzene rings is 2. The highest BCUT2D eigenvalue weighted by molar-refractivity contribution is 7.89. The monoisotopic (exact) mass is 434 g/mol. The van der Waals surface area contributed by atoms with Gasteiger partial charge in [0.25, 0.3) is 0 Å². The highest BCUT2D eigenvalue weighted by Crippen LogP contribution is 2.24. The van der Waals surface area contributed by atoms with Crippen LogP contribution < -0.4 is 10.1 Å². The Labute approximate surface area is 177 Å². The Morgan fingerprint density at radius 1 is 1.23 bits per heavy atom. The minimum absolute atomic E-state index is 0.0324. The van der Waals surface area contributed by atoms with E-state index >= 15 is 0 Å². The molecule has 30 heavy (non-hydrogen) atoms. The lowest BCUT2D eigenvalue weighted by atomic mass is 9.98. The molecule has 2 atom stereocenters. The van der Waals surface area contributed by atoms with Gasteiger partial charge >= 0.3 is 0 Å². The summed E-state index contributed by atoms with van der Waals surface area (Å²) in [6.45, 7) is 4.58. The van der Waals surface area contributed by atoms with E-state index < -0.39 is 21.8 Å². The van der Waals surface area contributed by atoms with Crippen molar-refractivity contribution in [3.63, 3.8) is 0 Å². The molecule has 162 valence electrons. The maximum atomic E-state index is 13.1. The first-order valence-corrected chi connectivity index (χ1v) is 11.5. The molecule has 0 bridgehead atoms. The molecule has 1 N–H and O–H groups in total. The number of carbonyl (C=O) groups is 1. The zero-order chi connectivity index (χ0) is 21.7. The molecule has 2 aromatic rings. The second kappa shape index (κ2) is 9.57. The van der Waals surface area contributed by atoms with Gasteiger partial charge in [0.1, 0.15) is 18.2 Å². The van der Waals surface area contributed by atoms with Crippen LogP contribution in [0.5, 0.6) is 5.75 Å². The molecule has 1 aliphatic rings. The van der Waals surface area contributed by atoms with Gasteiger partial charge in [-0.3, -0.25) is 4.79 Å². The number of carbonyl (C=O) groups excluding carboxylic acids is 1. The highest BCUT2D eigenvalue weighted by atomic mass is 32.2. The zero-order valence-electron chi connectivity index (χ0n) is 17.2. The predicted octanol–water partition coefficient (Wildman–Crippen LogP) is 3.12. The molecule has 6 nitrogen and oxygen atoms in total. The van der Waals surface area contributed by atoms with Crippen molar-refractivity contribution in [2.45, 2.75) is 37.6 Å². The van der Waals surface area contributed by atoms with Gasteiger partial charge in [0.15, 0.2) is 0 Å². The van der Waals surface area contributed by atoms with Crippen LogP contribution in [-0.2, 0) is 14.8 Å². The Kier molecular flexibility index (Phi) is 7.10. The number of piperidine rings is 1. The van der Waals surface area contributed by atoms with E-state index in [0.717, 1.165) is 23.4 Å². The van der Waals surface area contributed by atoms with Crippen molar-refractivity contribution >= 4 is 15.9 Å². The number of para-hydroxylation sites is 1. The van der Waals surface area contributed by atoms with E-state index in [9.17, 15) is 17.6 Å². The number of amides is 1. The number of nitrogens with zero attached hydrogens (tertiary/aromatic N) is 1. The Balaban J connectivity index is 1.57. The fourth-order valence-corrected chi connectivity index (χ4v) is 4.99. The minimum Gasteiger partial charge on any atom is -0.491 e. The van der Waals surface area contributed by atoms with Crippen LogP contribution in [0.25, 0.3) is 0 Å². The first-order chi connectivity index (χ1) is 14.3. The van der Waals surface area contributed by atoms with Crippen LogP contribution in [0.3, 0.4) is 0 Å². The number of sulfonamides is 1. The number of hydrogen-bond acceptors (Lipinski definition) is 4. The fraction of sp³-hybridized carbons (Fsp3) is 0.409. The van der Waals surface area contributed by atoms with Crippen LogP contribution in [0.4, 0.5) is 4.39 Å². The Morgan fingerprint density at radius 3 is 2.63 bits per heavy atom. The van der Waals surface area contributed by atoms with E-state index in [2.05, 4.69) is 5.32 Å². The Morgan fingerprint density at radius 2 is 1.93 bits per heavy atom. The number of hydrogen-bond donors (Lipinski definition) is 1. The molecule has 1 amide bonds. The topological polar surface area (TPSA) is 75.7 Å². The smallest absolute Gasteiger partial charge is 0.243 e. The van der Waals surface area contributed by atoms with Crippen molar-refractivity contribution < 1.29 is 22.3 Å². The predicted molar refractivity (Wildman–Crippen MR) is 112 cm³/mol. The van der Waals surface area contributed by atoms with E-state index in [1.165, 1.54) is 16.4 Å². The average Bonchev–Trinajstić information content (AvgIpc) is 2.73. The number of rotatable bonds is 7. The maximum Gasteiger partial charge on any atom is 0.243 e. The van der Waals surface area contributed by atoms with E-state index in [4.69, 9.17) is 4.74 Å². The van der Waals surface area contributed by atoms with Gasteiger partial charge < -0.3 is 10.1 Å². The molecule has 1 saturated heterocycles. The molecule has 0 aliphatic carbocycles. The second-order valence-electron chi connectivity index (χ2n) is 7.64. The van der Waals surface area contributed by atoms with Gasteiger partial charge in [-0.25, -0.2) is 12.8 Å². The molecule has 0 saturated carbocycles. The first kappa shape index (κ1) is 22.2. The maximum absolute atomic E-state index is 13.1. The normalized spacial score (nSPS) is 18.6. The number of nitrogens with one attached hydrogen (secondary N) is 1. The average molecular weight is 435 g/mol. The lowest BCUT2D eigenvalue weighted by molar-refractivity contribution is -0.126. The summed E-state index contributed by atoms with van der Waals surface area (Å²) in [5.41, 5.74) is 1.02. The summed E-state index contributed by atoms with van der Waals surface area (Å²) < 4.78 is 45.9. The van der Waals surface area contributed by atoms with Gasteiger partial charge in [0, 0.05) is 13.1 Å². The van der Waals surface area contributed by atoms with Gasteiger partial charge in [-0.05, 0) is 62.6 Å². The van der Waals surface area contributed by atoms with Gasteiger partial charge in [0.2, 0.25) is 15.9 Å². The summed E-state index contributed by atoms with van der Waals surface area (Å²) in [4.78, 5) is 12.7. The molecular weight excluding hydrogens is 407 g/mol. The van der Waals surface area contributed by atoms with Crippen LogP contribution in [0.1, 0.15) is 25.3 Å². The quantitative estimate of drug-likeness (QED) is 0.727. The van der Waals surface area contributed by atoms with Gasteiger partial charge in [-0.15, -0.1) is 0 Å². The fourth-order valence-electron chi connectivity index (χ4n) is 3.47. The molecule has 0 spiro atoms. The molecule has 0 radical (unpaired) electrons. The van der Waals surface area contributed by atoms with Crippen molar-refractivity contribution in [3.05, 3.63) is 59.9 Å². The third-order valence-corrected chi connectivity index (χ3v) is 7.06. The molecule has 2 aromatic carbocycles. The SMILES string of the molecule is Cc1ccccc1OCC(C)NC(=O)C1CCCN(S(=O)(=O)c2ccc(F)cc2)C1. The summed E-state index contributed by atoms with van der Waals surface area (Å²) in [5, 5.41) is 2.92. The standard InChI is InChI=1S/C22H27FN2O4S/c1-16-6-3-4-8-21(16)29-15-17(2)24-22(26)18-7-5-13-25(14-18)30(27,28)20-11-9-19(23)10-12-20/h3-4,6,8-12,17-18H,5,7,13-15H2,1-2H3,(H,24,26). The Hall–Kier alpha value is -2.45. The van der Waals surface area contributed by atoms with Crippen molar-refractivity contribution in [3.8, 4) is 5.75 Å². The van der Waals surface area contributed by atoms with Crippen molar-refractivity contribution in [2.24, 2.45) is 5.92 Å². The van der Waals surface area contributed by atoms with Gasteiger partial charge in [-0.1, -0.05) is 18.2 Å². The van der Waals surface area contributed by atoms with E-state index in [1.54, 1.807) is 0 Å². The molecule has 0 aromatic heterocycles. The Bertz CT molecular complexity index is 979. The van der Waals surface area contributed by atoms with Gasteiger partial charge in [0.05, 0.1) is 16.9 Å². The summed E-state index contributed by atoms with van der Waals surface area (Å²) in [5.74, 6) is -0.343. The molecule has 1 aliphatic heterocycles. The lowest BCUT2D eigenvalue weighted by Gasteiger charge is -2.31. The molecule has 2 unspecified atom stereocenters. The molecule has 8 heteroatoms. The van der Waals surface area contributed by atoms with E-state index in [-0.39, 0.29) is 23.4 Å². The van der Waals surface area contributed by atoms with Crippen molar-refractivity contribution in [1.82, 2.24) is 9.62 Å². The minimum atomic E-state index is -3.76. The number of aryl methyl sites for hydroxylation is 1. The first-order valence-electron chi connectivity index (χ1n) is 10.0. The summed E-state index contributed by atoms with van der Waals surface area (Å²) in [6.07, 6.45) is 1.21. The zero-order valence-corrected chi connectivity index (χ0v) is 18.0. The van der Waals surface area contributed by atoms with Crippen molar-refractivity contribution in [2.75, 3.05) is 19.7 Å². The van der Waals surface area contributed by atoms with Crippen LogP contribution in [0.2, 0.25) is 0 Å². The van der Waals surface area contributed by atoms with E-state index in [0.29, 0.717) is 26.0 Å². The molecule has 1 fully saturated rings. The molecule has 3 rings (SSSR count). The van der Waals surface area contributed by atoms with Crippen molar-refractivity contribution in [1.29, 1.82) is 0 Å². The third kappa shape index (κ3) is 5.37. The van der Waals surface area contributed by atoms with Crippen LogP contribution >= 0.6 is 0 Å². The molecular formula is C22H27FN2O4S. The van der Waals surface area contributed by atoms with Gasteiger partial charge in [-0.2, -0.15) is 4.31 Å². The third-order valence-electron chi connectivity index (χ3n) is 5.18. The number of ether oxygens (including phenoxy) is 1. The van der Waals surface area contributed by atoms with Crippen LogP contribution in [0, 0.1) is 18.7 Å². The summed E-state index contributed by atoms with van der Waals surface area (Å²) in [6, 6.07) is 12.2. The number of halogens is 1. The second-order valence-corrected chi connectivity index (χ2v) is 9.58. The lowest BCUT2D eigenvalue weighted by Crippen LogP contribution is -2.48. The highest BCUT2D eigenvalue weighted by Gasteiger charge is 2.33.